The molecule has 32 heteroatoms. The summed E-state index contributed by atoms with van der Waals surface area (Å²) in [6.07, 6.45) is -3.31. The predicted molar refractivity (Wildman–Crippen MR) is 303 cm³/mol. The summed E-state index contributed by atoms with van der Waals surface area (Å²) in [6.45, 7) is 15.8. The van der Waals surface area contributed by atoms with Gasteiger partial charge in [-0.05, 0) is 88.9 Å². The minimum absolute atomic E-state index is 0.00629. The number of nitrogens with two attached hydrogens (primary N) is 4. The molecule has 10 atom stereocenters. The maximum absolute atomic E-state index is 14.0. The fraction of sp³-hybridized carbons (Fsp3) is 0.712. The average Bonchev–Trinajstić information content (AvgIpc) is 3.36. The topological polar surface area (TPSA) is 536 Å². The van der Waals surface area contributed by atoms with Gasteiger partial charge in [-0.15, -0.1) is 0 Å². The van der Waals surface area contributed by atoms with Gasteiger partial charge in [-0.3, -0.25) is 67.3 Å². The molecule has 0 aliphatic heterocycles. The molecule has 0 heterocycles. The Hall–Kier alpha value is -8.19. The predicted octanol–water partition coefficient (Wildman–Crippen LogP) is -4.24. The third kappa shape index (κ3) is 32.4. The van der Waals surface area contributed by atoms with E-state index in [4.69, 9.17) is 22.9 Å². The third-order valence-corrected chi connectivity index (χ3v) is 12.1. The maximum atomic E-state index is 14.0. The zero-order valence-corrected chi connectivity index (χ0v) is 49.6. The van der Waals surface area contributed by atoms with Crippen molar-refractivity contribution in [1.82, 2.24) is 53.2 Å². The second-order valence-corrected chi connectivity index (χ2v) is 22.1. The summed E-state index contributed by atoms with van der Waals surface area (Å²) in [5.41, 5.74) is 21.9. The Bertz CT molecular complexity index is 2330. The Morgan fingerprint density at radius 1 is 0.405 bits per heavy atom. The van der Waals surface area contributed by atoms with Crippen LogP contribution in [-0.2, 0) is 67.1 Å². The molecule has 476 valence electrons. The van der Waals surface area contributed by atoms with E-state index in [-0.39, 0.29) is 74.7 Å². The maximum Gasteiger partial charge on any atom is 0.326 e. The summed E-state index contributed by atoms with van der Waals surface area (Å²) < 4.78 is 0. The molecule has 0 aliphatic carbocycles. The molecule has 0 saturated carbocycles. The lowest BCUT2D eigenvalue weighted by atomic mass is 9.98. The first-order valence-electron chi connectivity index (χ1n) is 27.7. The number of primary amides is 1. The first kappa shape index (κ1) is 75.8. The number of guanidine groups is 1. The Morgan fingerprint density at radius 2 is 0.738 bits per heavy atom. The van der Waals surface area contributed by atoms with Crippen LogP contribution in [0.1, 0.15) is 140 Å². The SMILES string of the molecule is CC(C)C[C@H](NC(=O)[C@H](CC(C)C)NC(=O)[C@H](CC(C)C)NC(=O)[C@H](CCCN=C(N)N)NC(=O)CNC(=O)[C@H](C)NC(=O)[C@H](CCC(=O)O)NC(=O)[C@H](CCC(=O)O)NC(=O)[C@H](CC(N)=O)NC(=O)[C@H](CC(C)C)NC(=O)[C@H](C)N)C(=O)O. The molecule has 0 aliphatic rings. The summed E-state index contributed by atoms with van der Waals surface area (Å²) >= 11 is 0. The van der Waals surface area contributed by atoms with Gasteiger partial charge in [-0.25, -0.2) is 4.79 Å². The van der Waals surface area contributed by atoms with E-state index >= 15 is 0 Å². The number of hydrogen-bond acceptors (Lipinski definition) is 16. The number of carboxylic acid groups (broad SMARTS) is 3. The van der Waals surface area contributed by atoms with Gasteiger partial charge in [0.2, 0.25) is 65.0 Å². The van der Waals surface area contributed by atoms with Crippen molar-refractivity contribution in [3.63, 3.8) is 0 Å². The number of carbonyl (C=O) groups is 14. The van der Waals surface area contributed by atoms with Gasteiger partial charge in [0.25, 0.3) is 0 Å². The van der Waals surface area contributed by atoms with E-state index in [1.165, 1.54) is 6.92 Å². The van der Waals surface area contributed by atoms with Gasteiger partial charge < -0.3 is 91.4 Å². The summed E-state index contributed by atoms with van der Waals surface area (Å²) in [6, 6.07) is -14.3. The number of nitrogens with zero attached hydrogens (tertiary/aromatic N) is 1. The standard InChI is InChI=1S/C52H91N15O17/c1-24(2)18-33(63-42(74)28(9)53)47(79)66-36(22-38(54)68)50(82)62-32(14-16-41(72)73)46(78)61-31(13-15-40(70)71)44(76)59-29(10)43(75)58-23-39(69)60-30(12-11-17-57-52(55)56)45(77)64-34(19-25(3)4)48(80)65-35(20-26(5)6)49(81)67-37(51(83)84)21-27(7)8/h24-37H,11-23,53H2,1-10H3,(H2,54,68)(H,58,75)(H,59,76)(H,60,69)(H,61,78)(H,62,82)(H,63,74)(H,64,77)(H,65,80)(H,66,79)(H,67,81)(H,70,71)(H,72,73)(H,83,84)(H4,55,56,57)/t28-,29-,30-,31-,32-,33-,34-,35-,36-,37-/m0/s1. The lowest BCUT2D eigenvalue weighted by molar-refractivity contribution is -0.143. The van der Waals surface area contributed by atoms with E-state index in [1.54, 1.807) is 55.4 Å². The molecule has 0 aromatic heterocycles. The highest BCUT2D eigenvalue weighted by Gasteiger charge is 2.36. The van der Waals surface area contributed by atoms with Crippen LogP contribution in [0.15, 0.2) is 4.99 Å². The summed E-state index contributed by atoms with van der Waals surface area (Å²) in [7, 11) is 0. The van der Waals surface area contributed by atoms with Crippen LogP contribution in [0, 0.1) is 23.7 Å². The molecule has 0 fully saturated rings. The largest absolute Gasteiger partial charge is 0.481 e. The van der Waals surface area contributed by atoms with Gasteiger partial charge in [0.1, 0.15) is 54.4 Å². The van der Waals surface area contributed by atoms with Crippen molar-refractivity contribution in [1.29, 1.82) is 0 Å². The fourth-order valence-corrected chi connectivity index (χ4v) is 7.94. The number of aliphatic carboxylic acids is 3. The highest BCUT2D eigenvalue weighted by atomic mass is 16.4. The molecule has 0 rings (SSSR count). The molecule has 0 aromatic rings. The van der Waals surface area contributed by atoms with E-state index in [2.05, 4.69) is 58.2 Å². The van der Waals surface area contributed by atoms with Crippen LogP contribution in [-0.4, -0.2) is 178 Å². The molecular weight excluding hydrogens is 1110 g/mol. The van der Waals surface area contributed by atoms with Gasteiger partial charge in [0.05, 0.1) is 19.0 Å². The Morgan fingerprint density at radius 3 is 1.11 bits per heavy atom. The molecule has 84 heavy (non-hydrogen) atoms. The molecule has 0 aromatic carbocycles. The second-order valence-electron chi connectivity index (χ2n) is 22.1. The molecule has 0 spiro atoms. The molecule has 0 bridgehead atoms. The van der Waals surface area contributed by atoms with Crippen molar-refractivity contribution < 1.29 is 82.4 Å². The molecule has 32 nitrogen and oxygen atoms in total. The number of rotatable bonds is 41. The highest BCUT2D eigenvalue weighted by Crippen LogP contribution is 2.13. The first-order valence-corrected chi connectivity index (χ1v) is 27.7. The van der Waals surface area contributed by atoms with Crippen molar-refractivity contribution in [3.05, 3.63) is 0 Å². The zero-order chi connectivity index (χ0) is 64.7. The number of amides is 11. The average molecular weight is 1200 g/mol. The van der Waals surface area contributed by atoms with Crippen LogP contribution in [0.2, 0.25) is 0 Å². The number of carboxylic acids is 3. The number of hydrogen-bond donors (Lipinski definition) is 17. The Balaban J connectivity index is 6.49. The molecule has 21 N–H and O–H groups in total. The van der Waals surface area contributed by atoms with Crippen molar-refractivity contribution in [2.75, 3.05) is 13.1 Å². The van der Waals surface area contributed by atoms with Crippen molar-refractivity contribution in [2.24, 2.45) is 51.6 Å². The summed E-state index contributed by atoms with van der Waals surface area (Å²) in [5, 5.41) is 52.7. The number of carbonyl (C=O) groups excluding carboxylic acids is 11. The Labute approximate surface area is 488 Å². The summed E-state index contributed by atoms with van der Waals surface area (Å²) in [5.74, 6) is -15.7. The van der Waals surface area contributed by atoms with Gasteiger partial charge in [0.15, 0.2) is 5.96 Å². The molecule has 0 saturated heterocycles. The fourth-order valence-electron chi connectivity index (χ4n) is 7.94. The monoisotopic (exact) mass is 1200 g/mol. The van der Waals surface area contributed by atoms with Crippen molar-refractivity contribution in [2.45, 2.75) is 200 Å². The van der Waals surface area contributed by atoms with E-state index in [0.717, 1.165) is 6.92 Å². The van der Waals surface area contributed by atoms with E-state index < -0.39 is 182 Å². The highest BCUT2D eigenvalue weighted by molar-refractivity contribution is 5.99. The van der Waals surface area contributed by atoms with Crippen molar-refractivity contribution >= 4 is 88.8 Å². The molecule has 11 amide bonds. The van der Waals surface area contributed by atoms with Gasteiger partial charge in [0, 0.05) is 19.4 Å². The number of aliphatic imine (C=N–C) groups is 1. The van der Waals surface area contributed by atoms with Crippen LogP contribution in [0.5, 0.6) is 0 Å². The lowest BCUT2D eigenvalue weighted by Gasteiger charge is -2.28. The van der Waals surface area contributed by atoms with Crippen LogP contribution in [0.25, 0.3) is 0 Å². The quantitative estimate of drug-likeness (QED) is 0.0157. The van der Waals surface area contributed by atoms with Crippen LogP contribution < -0.4 is 76.1 Å². The van der Waals surface area contributed by atoms with Crippen LogP contribution in [0.3, 0.4) is 0 Å². The van der Waals surface area contributed by atoms with Gasteiger partial charge in [-0.2, -0.15) is 0 Å². The van der Waals surface area contributed by atoms with Crippen LogP contribution in [0.4, 0.5) is 0 Å². The lowest BCUT2D eigenvalue weighted by Crippen LogP contribution is -2.60. The van der Waals surface area contributed by atoms with E-state index in [0.29, 0.717) is 0 Å². The van der Waals surface area contributed by atoms with Gasteiger partial charge in [-0.1, -0.05) is 55.4 Å². The van der Waals surface area contributed by atoms with Gasteiger partial charge >= 0.3 is 17.9 Å². The minimum atomic E-state index is -1.82. The Kier molecular flexibility index (Phi) is 34.8. The van der Waals surface area contributed by atoms with Crippen LogP contribution >= 0.6 is 0 Å². The minimum Gasteiger partial charge on any atom is -0.481 e. The zero-order valence-electron chi connectivity index (χ0n) is 49.6. The molecule has 0 unspecified atom stereocenters. The van der Waals surface area contributed by atoms with E-state index in [1.807, 2.05) is 0 Å². The molecular formula is C52H91N15O17. The number of nitrogens with one attached hydrogen (secondary N) is 10. The second kappa shape index (κ2) is 38.6. The van der Waals surface area contributed by atoms with E-state index in [9.17, 15) is 82.4 Å². The molecule has 0 radical (unpaired) electrons. The third-order valence-electron chi connectivity index (χ3n) is 12.1. The van der Waals surface area contributed by atoms with Crippen molar-refractivity contribution in [3.8, 4) is 0 Å². The summed E-state index contributed by atoms with van der Waals surface area (Å²) in [4.78, 5) is 186. The normalized spacial score (nSPS) is 14.7. The smallest absolute Gasteiger partial charge is 0.326 e. The first-order chi connectivity index (χ1) is 38.9.